The predicted molar refractivity (Wildman–Crippen MR) is 84.5 cm³/mol. The topological polar surface area (TPSA) is 85.2 Å². The molecule has 2 aromatic heterocycles. The van der Waals surface area contributed by atoms with Crippen LogP contribution in [0, 0.1) is 0 Å². The summed E-state index contributed by atoms with van der Waals surface area (Å²) in [4.78, 5) is 22.8. The van der Waals surface area contributed by atoms with Gasteiger partial charge in [-0.05, 0) is 18.9 Å². The number of methoxy groups -OCH3 is 1. The predicted octanol–water partition coefficient (Wildman–Crippen LogP) is 0.617. The van der Waals surface area contributed by atoms with Gasteiger partial charge in [0.25, 0.3) is 5.91 Å². The second-order valence-corrected chi connectivity index (χ2v) is 5.51. The standard InChI is InChI=1S/C15H20N6O2/c1-20-8-6-12(19-20)14(22)17-11-4-9-21(10-5-11)15-16-7-3-13(18-15)23-2/h3,6-8,11H,4-5,9-10H2,1-2H3,(H,17,22). The summed E-state index contributed by atoms with van der Waals surface area (Å²) in [5.74, 6) is 1.10. The van der Waals surface area contributed by atoms with Crippen molar-refractivity contribution in [1.82, 2.24) is 25.1 Å². The summed E-state index contributed by atoms with van der Waals surface area (Å²) in [5.41, 5.74) is 0.450. The smallest absolute Gasteiger partial charge is 0.271 e. The third-order valence-corrected chi connectivity index (χ3v) is 3.89. The Bertz CT molecular complexity index is 678. The molecular weight excluding hydrogens is 296 g/mol. The fourth-order valence-corrected chi connectivity index (χ4v) is 2.62. The van der Waals surface area contributed by atoms with Crippen molar-refractivity contribution in [1.29, 1.82) is 0 Å². The van der Waals surface area contributed by atoms with Crippen LogP contribution in [0.2, 0.25) is 0 Å². The third-order valence-electron chi connectivity index (χ3n) is 3.89. The molecular formula is C15H20N6O2. The van der Waals surface area contributed by atoms with E-state index in [1.54, 1.807) is 43.4 Å². The lowest BCUT2D eigenvalue weighted by molar-refractivity contribution is 0.0925. The molecule has 1 aliphatic rings. The number of rotatable bonds is 4. The maximum atomic E-state index is 12.1. The lowest BCUT2D eigenvalue weighted by Gasteiger charge is -2.32. The van der Waals surface area contributed by atoms with E-state index in [-0.39, 0.29) is 11.9 Å². The van der Waals surface area contributed by atoms with Crippen molar-refractivity contribution < 1.29 is 9.53 Å². The van der Waals surface area contributed by atoms with Crippen molar-refractivity contribution in [3.05, 3.63) is 30.2 Å². The molecule has 1 saturated heterocycles. The Morgan fingerprint density at radius 2 is 2.13 bits per heavy atom. The molecule has 3 rings (SSSR count). The molecule has 0 atom stereocenters. The minimum atomic E-state index is -0.123. The van der Waals surface area contributed by atoms with Gasteiger partial charge in [0, 0.05) is 44.6 Å². The maximum Gasteiger partial charge on any atom is 0.271 e. The van der Waals surface area contributed by atoms with Gasteiger partial charge in [-0.25, -0.2) is 4.98 Å². The number of nitrogens with zero attached hydrogens (tertiary/aromatic N) is 5. The Hall–Kier alpha value is -2.64. The first-order valence-corrected chi connectivity index (χ1v) is 7.58. The van der Waals surface area contributed by atoms with Crippen LogP contribution in [-0.4, -0.2) is 51.9 Å². The molecule has 0 unspecified atom stereocenters. The van der Waals surface area contributed by atoms with Crippen molar-refractivity contribution in [3.8, 4) is 5.88 Å². The van der Waals surface area contributed by atoms with Crippen molar-refractivity contribution in [2.75, 3.05) is 25.1 Å². The zero-order valence-electron chi connectivity index (χ0n) is 13.3. The Morgan fingerprint density at radius 1 is 1.35 bits per heavy atom. The Kier molecular flexibility index (Phi) is 4.40. The van der Waals surface area contributed by atoms with E-state index in [2.05, 4.69) is 25.3 Å². The maximum absolute atomic E-state index is 12.1. The lowest BCUT2D eigenvalue weighted by atomic mass is 10.1. The van der Waals surface area contributed by atoms with Gasteiger partial charge in [-0.15, -0.1) is 0 Å². The molecule has 1 amide bonds. The van der Waals surface area contributed by atoms with Crippen molar-refractivity contribution in [3.63, 3.8) is 0 Å². The molecule has 1 fully saturated rings. The Labute approximate surface area is 134 Å². The number of anilines is 1. The average molecular weight is 316 g/mol. The number of hydrogen-bond donors (Lipinski definition) is 1. The van der Waals surface area contributed by atoms with Crippen molar-refractivity contribution >= 4 is 11.9 Å². The van der Waals surface area contributed by atoms with Gasteiger partial charge in [-0.3, -0.25) is 9.48 Å². The van der Waals surface area contributed by atoms with E-state index < -0.39 is 0 Å². The molecule has 3 heterocycles. The molecule has 8 heteroatoms. The first-order valence-electron chi connectivity index (χ1n) is 7.58. The molecule has 0 spiro atoms. The van der Waals surface area contributed by atoms with E-state index in [4.69, 9.17) is 4.74 Å². The first-order chi connectivity index (χ1) is 11.2. The van der Waals surface area contributed by atoms with E-state index >= 15 is 0 Å². The second kappa shape index (κ2) is 6.64. The van der Waals surface area contributed by atoms with Gasteiger partial charge in [-0.1, -0.05) is 0 Å². The second-order valence-electron chi connectivity index (χ2n) is 5.51. The first kappa shape index (κ1) is 15.3. The van der Waals surface area contributed by atoms with E-state index in [1.807, 2.05) is 0 Å². The number of nitrogens with one attached hydrogen (secondary N) is 1. The molecule has 8 nitrogen and oxygen atoms in total. The molecule has 0 aromatic carbocycles. The zero-order valence-corrected chi connectivity index (χ0v) is 13.3. The fraction of sp³-hybridized carbons (Fsp3) is 0.467. The fourth-order valence-electron chi connectivity index (χ4n) is 2.62. The minimum Gasteiger partial charge on any atom is -0.481 e. The number of piperidine rings is 1. The summed E-state index contributed by atoms with van der Waals surface area (Å²) in [6, 6.07) is 3.59. The Balaban J connectivity index is 1.55. The molecule has 0 aliphatic carbocycles. The summed E-state index contributed by atoms with van der Waals surface area (Å²) >= 11 is 0. The number of hydrogen-bond acceptors (Lipinski definition) is 6. The van der Waals surface area contributed by atoms with Crippen LogP contribution >= 0.6 is 0 Å². The van der Waals surface area contributed by atoms with Crippen LogP contribution < -0.4 is 15.0 Å². The molecule has 0 bridgehead atoms. The van der Waals surface area contributed by atoms with Gasteiger partial charge in [-0.2, -0.15) is 10.1 Å². The highest BCUT2D eigenvalue weighted by Crippen LogP contribution is 2.18. The SMILES string of the molecule is COc1ccnc(N2CCC(NC(=O)c3ccn(C)n3)CC2)n1. The molecule has 1 N–H and O–H groups in total. The largest absolute Gasteiger partial charge is 0.481 e. The third kappa shape index (κ3) is 3.58. The summed E-state index contributed by atoms with van der Waals surface area (Å²) in [5, 5.41) is 7.15. The number of aryl methyl sites for hydroxylation is 1. The van der Waals surface area contributed by atoms with Crippen LogP contribution in [0.25, 0.3) is 0 Å². The molecule has 122 valence electrons. The molecule has 0 radical (unpaired) electrons. The van der Waals surface area contributed by atoms with Gasteiger partial charge in [0.2, 0.25) is 11.8 Å². The summed E-state index contributed by atoms with van der Waals surface area (Å²) < 4.78 is 6.75. The summed E-state index contributed by atoms with van der Waals surface area (Å²) in [7, 11) is 3.38. The highest BCUT2D eigenvalue weighted by molar-refractivity contribution is 5.92. The van der Waals surface area contributed by atoms with Gasteiger partial charge < -0.3 is 15.0 Å². The average Bonchev–Trinajstić information content (AvgIpc) is 3.02. The lowest BCUT2D eigenvalue weighted by Crippen LogP contribution is -2.45. The van der Waals surface area contributed by atoms with Crippen molar-refractivity contribution in [2.24, 2.45) is 7.05 Å². The van der Waals surface area contributed by atoms with Crippen LogP contribution in [-0.2, 0) is 7.05 Å². The molecule has 1 aliphatic heterocycles. The highest BCUT2D eigenvalue weighted by atomic mass is 16.5. The van der Waals surface area contributed by atoms with Crippen LogP contribution in [0.4, 0.5) is 5.95 Å². The van der Waals surface area contributed by atoms with Crippen LogP contribution in [0.15, 0.2) is 24.5 Å². The number of carbonyl (C=O) groups excluding carboxylic acids is 1. The summed E-state index contributed by atoms with van der Waals surface area (Å²) in [6.45, 7) is 1.58. The van der Waals surface area contributed by atoms with E-state index in [0.717, 1.165) is 25.9 Å². The van der Waals surface area contributed by atoms with Gasteiger partial charge in [0.1, 0.15) is 5.69 Å². The molecule has 2 aromatic rings. The molecule has 0 saturated carbocycles. The van der Waals surface area contributed by atoms with E-state index in [0.29, 0.717) is 17.5 Å². The molecule has 23 heavy (non-hydrogen) atoms. The Morgan fingerprint density at radius 3 is 2.78 bits per heavy atom. The van der Waals surface area contributed by atoms with Gasteiger partial charge in [0.15, 0.2) is 0 Å². The zero-order chi connectivity index (χ0) is 16.2. The monoisotopic (exact) mass is 316 g/mol. The van der Waals surface area contributed by atoms with E-state index in [9.17, 15) is 4.79 Å². The summed E-state index contributed by atoms with van der Waals surface area (Å²) in [6.07, 6.45) is 5.14. The quantitative estimate of drug-likeness (QED) is 0.890. The van der Waals surface area contributed by atoms with Crippen LogP contribution in [0.1, 0.15) is 23.3 Å². The van der Waals surface area contributed by atoms with Crippen molar-refractivity contribution in [2.45, 2.75) is 18.9 Å². The van der Waals surface area contributed by atoms with Gasteiger partial charge in [0.05, 0.1) is 7.11 Å². The van der Waals surface area contributed by atoms with E-state index in [1.165, 1.54) is 0 Å². The van der Waals surface area contributed by atoms with Crippen LogP contribution in [0.5, 0.6) is 5.88 Å². The minimum absolute atomic E-state index is 0.123. The number of amides is 1. The number of carbonyl (C=O) groups is 1. The highest BCUT2D eigenvalue weighted by Gasteiger charge is 2.23. The van der Waals surface area contributed by atoms with Gasteiger partial charge >= 0.3 is 0 Å². The normalized spacial score (nSPS) is 15.5. The number of ether oxygens (including phenoxy) is 1. The number of aromatic nitrogens is 4. The van der Waals surface area contributed by atoms with Crippen LogP contribution in [0.3, 0.4) is 0 Å².